The van der Waals surface area contributed by atoms with E-state index < -0.39 is 0 Å². The molecule has 1 aromatic rings. The standard InChI is InChI=1S/C13H21NO2/c1-13(2,3)16-8-7-15-12-6-4-5-11(9-12)10-14/h4-6,9H,7-8,10,14H2,1-3H3. The summed E-state index contributed by atoms with van der Waals surface area (Å²) >= 11 is 0. The molecule has 0 fully saturated rings. The molecule has 0 unspecified atom stereocenters. The van der Waals surface area contributed by atoms with Gasteiger partial charge in [-0.25, -0.2) is 0 Å². The predicted octanol–water partition coefficient (Wildman–Crippen LogP) is 2.34. The fourth-order valence-electron chi connectivity index (χ4n) is 1.27. The van der Waals surface area contributed by atoms with Gasteiger partial charge in [-0.3, -0.25) is 0 Å². The maximum Gasteiger partial charge on any atom is 0.119 e. The molecule has 0 aliphatic carbocycles. The third-order valence-corrected chi connectivity index (χ3v) is 2.02. The average Bonchev–Trinajstić information content (AvgIpc) is 2.23. The summed E-state index contributed by atoms with van der Waals surface area (Å²) in [5.41, 5.74) is 6.52. The summed E-state index contributed by atoms with van der Waals surface area (Å²) in [6.45, 7) is 7.78. The van der Waals surface area contributed by atoms with E-state index in [1.807, 2.05) is 45.0 Å². The Morgan fingerprint density at radius 2 is 1.94 bits per heavy atom. The molecule has 1 aromatic carbocycles. The van der Waals surface area contributed by atoms with Gasteiger partial charge in [0.1, 0.15) is 12.4 Å². The topological polar surface area (TPSA) is 44.5 Å². The van der Waals surface area contributed by atoms with E-state index >= 15 is 0 Å². The minimum Gasteiger partial charge on any atom is -0.491 e. The number of benzene rings is 1. The van der Waals surface area contributed by atoms with Crippen LogP contribution in [0.1, 0.15) is 26.3 Å². The van der Waals surface area contributed by atoms with Gasteiger partial charge in [-0.2, -0.15) is 0 Å². The smallest absolute Gasteiger partial charge is 0.119 e. The summed E-state index contributed by atoms with van der Waals surface area (Å²) in [4.78, 5) is 0. The highest BCUT2D eigenvalue weighted by Crippen LogP contribution is 2.13. The lowest BCUT2D eigenvalue weighted by Crippen LogP contribution is -2.22. The molecule has 0 aliphatic rings. The van der Waals surface area contributed by atoms with Crippen molar-refractivity contribution in [3.05, 3.63) is 29.8 Å². The Morgan fingerprint density at radius 1 is 1.19 bits per heavy atom. The van der Waals surface area contributed by atoms with E-state index in [0.29, 0.717) is 19.8 Å². The summed E-state index contributed by atoms with van der Waals surface area (Å²) in [5.74, 6) is 0.848. The van der Waals surface area contributed by atoms with Gasteiger partial charge in [0.15, 0.2) is 0 Å². The number of rotatable bonds is 5. The second kappa shape index (κ2) is 5.87. The van der Waals surface area contributed by atoms with Gasteiger partial charge in [-0.1, -0.05) is 12.1 Å². The van der Waals surface area contributed by atoms with Crippen LogP contribution in [0.2, 0.25) is 0 Å². The first-order chi connectivity index (χ1) is 7.51. The van der Waals surface area contributed by atoms with Crippen LogP contribution in [0.3, 0.4) is 0 Å². The molecule has 3 nitrogen and oxygen atoms in total. The highest BCUT2D eigenvalue weighted by Gasteiger charge is 2.09. The molecule has 0 saturated carbocycles. The van der Waals surface area contributed by atoms with Crippen molar-refractivity contribution in [2.45, 2.75) is 32.9 Å². The maximum atomic E-state index is 5.56. The van der Waals surface area contributed by atoms with Crippen molar-refractivity contribution in [3.8, 4) is 5.75 Å². The van der Waals surface area contributed by atoms with Crippen molar-refractivity contribution in [3.63, 3.8) is 0 Å². The van der Waals surface area contributed by atoms with Gasteiger partial charge >= 0.3 is 0 Å². The third-order valence-electron chi connectivity index (χ3n) is 2.02. The molecular weight excluding hydrogens is 202 g/mol. The van der Waals surface area contributed by atoms with Crippen LogP contribution >= 0.6 is 0 Å². The van der Waals surface area contributed by atoms with Gasteiger partial charge < -0.3 is 15.2 Å². The van der Waals surface area contributed by atoms with Crippen molar-refractivity contribution in [1.82, 2.24) is 0 Å². The second-order valence-electron chi connectivity index (χ2n) is 4.66. The summed E-state index contributed by atoms with van der Waals surface area (Å²) in [6, 6.07) is 7.81. The molecule has 0 saturated heterocycles. The van der Waals surface area contributed by atoms with Gasteiger partial charge in [-0.15, -0.1) is 0 Å². The van der Waals surface area contributed by atoms with E-state index in [1.54, 1.807) is 0 Å². The van der Waals surface area contributed by atoms with Crippen LogP contribution in [0.15, 0.2) is 24.3 Å². The molecule has 0 aromatic heterocycles. The monoisotopic (exact) mass is 223 g/mol. The fraction of sp³-hybridized carbons (Fsp3) is 0.538. The zero-order valence-corrected chi connectivity index (χ0v) is 10.3. The Morgan fingerprint density at radius 3 is 2.56 bits per heavy atom. The van der Waals surface area contributed by atoms with E-state index in [0.717, 1.165) is 11.3 Å². The molecular formula is C13H21NO2. The Balaban J connectivity index is 2.32. The van der Waals surface area contributed by atoms with Crippen molar-refractivity contribution in [2.24, 2.45) is 5.73 Å². The molecule has 0 radical (unpaired) electrons. The lowest BCUT2D eigenvalue weighted by Gasteiger charge is -2.19. The normalized spacial score (nSPS) is 11.5. The van der Waals surface area contributed by atoms with E-state index in [4.69, 9.17) is 15.2 Å². The minimum atomic E-state index is -0.109. The van der Waals surface area contributed by atoms with Gasteiger partial charge in [-0.05, 0) is 38.5 Å². The SMILES string of the molecule is CC(C)(C)OCCOc1cccc(CN)c1. The van der Waals surface area contributed by atoms with Crippen molar-refractivity contribution in [2.75, 3.05) is 13.2 Å². The van der Waals surface area contributed by atoms with Crippen LogP contribution in [0.25, 0.3) is 0 Å². The summed E-state index contributed by atoms with van der Waals surface area (Å²) in [6.07, 6.45) is 0. The average molecular weight is 223 g/mol. The number of nitrogens with two attached hydrogens (primary N) is 1. The molecule has 0 amide bonds. The first-order valence-corrected chi connectivity index (χ1v) is 5.57. The molecule has 0 atom stereocenters. The Labute approximate surface area is 97.6 Å². The molecule has 2 N–H and O–H groups in total. The van der Waals surface area contributed by atoms with Gasteiger partial charge in [0.05, 0.1) is 12.2 Å². The largest absolute Gasteiger partial charge is 0.491 e. The van der Waals surface area contributed by atoms with Crippen LogP contribution < -0.4 is 10.5 Å². The Bertz CT molecular complexity index is 318. The lowest BCUT2D eigenvalue weighted by atomic mass is 10.2. The molecule has 0 heterocycles. The molecule has 0 aliphatic heterocycles. The summed E-state index contributed by atoms with van der Waals surface area (Å²) in [7, 11) is 0. The van der Waals surface area contributed by atoms with Gasteiger partial charge in [0.2, 0.25) is 0 Å². The van der Waals surface area contributed by atoms with Crippen LogP contribution in [-0.4, -0.2) is 18.8 Å². The Kier molecular flexibility index (Phi) is 4.77. The van der Waals surface area contributed by atoms with E-state index in [-0.39, 0.29) is 5.60 Å². The first-order valence-electron chi connectivity index (χ1n) is 5.57. The summed E-state index contributed by atoms with van der Waals surface area (Å²) in [5, 5.41) is 0. The molecule has 3 heteroatoms. The molecule has 0 spiro atoms. The molecule has 0 bridgehead atoms. The number of ether oxygens (including phenoxy) is 2. The molecule has 16 heavy (non-hydrogen) atoms. The molecule has 90 valence electrons. The minimum absolute atomic E-state index is 0.109. The van der Waals surface area contributed by atoms with Crippen LogP contribution in [0.4, 0.5) is 0 Å². The van der Waals surface area contributed by atoms with Crippen molar-refractivity contribution >= 4 is 0 Å². The predicted molar refractivity (Wildman–Crippen MR) is 65.5 cm³/mol. The second-order valence-corrected chi connectivity index (χ2v) is 4.66. The maximum absolute atomic E-state index is 5.56. The zero-order valence-electron chi connectivity index (χ0n) is 10.3. The number of hydrogen-bond donors (Lipinski definition) is 1. The Hall–Kier alpha value is -1.06. The quantitative estimate of drug-likeness (QED) is 0.779. The molecule has 1 rings (SSSR count). The van der Waals surface area contributed by atoms with Crippen LogP contribution in [-0.2, 0) is 11.3 Å². The van der Waals surface area contributed by atoms with E-state index in [9.17, 15) is 0 Å². The first kappa shape index (κ1) is 13.0. The van der Waals surface area contributed by atoms with Crippen LogP contribution in [0.5, 0.6) is 5.75 Å². The highest BCUT2D eigenvalue weighted by molar-refractivity contribution is 5.28. The third kappa shape index (κ3) is 5.14. The van der Waals surface area contributed by atoms with Crippen molar-refractivity contribution in [1.29, 1.82) is 0 Å². The highest BCUT2D eigenvalue weighted by atomic mass is 16.5. The lowest BCUT2D eigenvalue weighted by molar-refractivity contribution is -0.0163. The van der Waals surface area contributed by atoms with Gasteiger partial charge in [0, 0.05) is 6.54 Å². The van der Waals surface area contributed by atoms with Crippen molar-refractivity contribution < 1.29 is 9.47 Å². The van der Waals surface area contributed by atoms with E-state index in [2.05, 4.69) is 0 Å². The number of hydrogen-bond acceptors (Lipinski definition) is 3. The van der Waals surface area contributed by atoms with Gasteiger partial charge in [0.25, 0.3) is 0 Å². The zero-order chi connectivity index (χ0) is 12.0. The summed E-state index contributed by atoms with van der Waals surface area (Å²) < 4.78 is 11.1. The fourth-order valence-corrected chi connectivity index (χ4v) is 1.27. The van der Waals surface area contributed by atoms with Crippen LogP contribution in [0, 0.1) is 0 Å². The van der Waals surface area contributed by atoms with E-state index in [1.165, 1.54) is 0 Å².